The lowest BCUT2D eigenvalue weighted by Crippen LogP contribution is -2.37. The largest absolute Gasteiger partial charge is 0.357 e. The molecule has 0 aliphatic heterocycles. The van der Waals surface area contributed by atoms with Crippen LogP contribution in [-0.2, 0) is 6.54 Å². The molecule has 1 rings (SSSR count). The molecule has 5 nitrogen and oxygen atoms in total. The summed E-state index contributed by atoms with van der Waals surface area (Å²) in [6.45, 7) is 13.0. The molecule has 2 N–H and O–H groups in total. The van der Waals surface area contributed by atoms with Gasteiger partial charge in [0.25, 0.3) is 0 Å². The lowest BCUT2D eigenvalue weighted by Gasteiger charge is -2.19. The van der Waals surface area contributed by atoms with Gasteiger partial charge in [-0.3, -0.25) is 0 Å². The van der Waals surface area contributed by atoms with Crippen molar-refractivity contribution in [2.45, 2.75) is 47.1 Å². The average molecular weight is 433 g/mol. The molecule has 0 aromatic carbocycles. The molecule has 23 heavy (non-hydrogen) atoms. The normalized spacial score (nSPS) is 10.9. The third-order valence-corrected chi connectivity index (χ3v) is 3.48. The number of pyridine rings is 1. The van der Waals surface area contributed by atoms with Gasteiger partial charge in [0.15, 0.2) is 5.96 Å². The molecule has 0 bridgehead atoms. The van der Waals surface area contributed by atoms with Crippen LogP contribution in [0.4, 0.5) is 5.82 Å². The topological polar surface area (TPSA) is 52.6 Å². The smallest absolute Gasteiger partial charge is 0.191 e. The molecule has 0 spiro atoms. The summed E-state index contributed by atoms with van der Waals surface area (Å²) < 4.78 is 0. The van der Waals surface area contributed by atoms with E-state index in [2.05, 4.69) is 65.3 Å². The Morgan fingerprint density at radius 1 is 1.13 bits per heavy atom. The van der Waals surface area contributed by atoms with Crippen LogP contribution < -0.4 is 15.5 Å². The quantitative estimate of drug-likeness (QED) is 0.271. The maximum absolute atomic E-state index is 4.61. The molecule has 1 heterocycles. The van der Waals surface area contributed by atoms with Crippen molar-refractivity contribution in [1.82, 2.24) is 15.6 Å². The number of nitrogens with zero attached hydrogens (tertiary/aromatic N) is 3. The van der Waals surface area contributed by atoms with Crippen LogP contribution in [0.3, 0.4) is 0 Å². The van der Waals surface area contributed by atoms with Crippen molar-refractivity contribution in [2.24, 2.45) is 4.99 Å². The van der Waals surface area contributed by atoms with Crippen LogP contribution in [0.15, 0.2) is 23.3 Å². The summed E-state index contributed by atoms with van der Waals surface area (Å²) in [5.74, 6) is 1.91. The number of guanidine groups is 1. The number of hydrogen-bond donors (Lipinski definition) is 2. The van der Waals surface area contributed by atoms with Gasteiger partial charge < -0.3 is 15.5 Å². The highest BCUT2D eigenvalue weighted by Gasteiger charge is 2.03. The zero-order valence-electron chi connectivity index (χ0n) is 14.9. The molecule has 0 radical (unpaired) electrons. The van der Waals surface area contributed by atoms with Crippen LogP contribution in [0.25, 0.3) is 0 Å². The highest BCUT2D eigenvalue weighted by molar-refractivity contribution is 14.0. The first kappa shape index (κ1) is 21.9. The second kappa shape index (κ2) is 13.4. The molecule has 132 valence electrons. The van der Waals surface area contributed by atoms with Gasteiger partial charge in [-0.25, -0.2) is 9.98 Å². The van der Waals surface area contributed by atoms with E-state index in [4.69, 9.17) is 0 Å². The Labute approximate surface area is 158 Å². The van der Waals surface area contributed by atoms with Crippen molar-refractivity contribution in [3.63, 3.8) is 0 Å². The minimum absolute atomic E-state index is 0. The lowest BCUT2D eigenvalue weighted by molar-refractivity contribution is 0.730. The number of nitrogens with one attached hydrogen (secondary N) is 2. The first-order valence-corrected chi connectivity index (χ1v) is 8.47. The first-order valence-electron chi connectivity index (χ1n) is 8.47. The Morgan fingerprint density at radius 2 is 1.87 bits per heavy atom. The monoisotopic (exact) mass is 433 g/mol. The fourth-order valence-electron chi connectivity index (χ4n) is 2.14. The van der Waals surface area contributed by atoms with E-state index in [1.54, 1.807) is 0 Å². The lowest BCUT2D eigenvalue weighted by atomic mass is 10.3. The van der Waals surface area contributed by atoms with Gasteiger partial charge in [0, 0.05) is 32.4 Å². The Bertz CT molecular complexity index is 429. The first-order chi connectivity index (χ1) is 10.7. The molecule has 0 fully saturated rings. The van der Waals surface area contributed by atoms with Crippen LogP contribution in [0.5, 0.6) is 0 Å². The van der Waals surface area contributed by atoms with E-state index in [9.17, 15) is 0 Å². The standard InChI is InChI=1S/C17H31N5.HI/c1-5-9-12-19-17(18-6-2)21-14-15-10-11-16(20-13-15)22(7-3)8-4;/h10-11,13H,5-9,12,14H2,1-4H3,(H2,18,19,21);1H. The predicted molar refractivity (Wildman–Crippen MR) is 111 cm³/mol. The third-order valence-electron chi connectivity index (χ3n) is 3.48. The van der Waals surface area contributed by atoms with E-state index >= 15 is 0 Å². The molecule has 0 unspecified atom stereocenters. The molecule has 0 saturated carbocycles. The highest BCUT2D eigenvalue weighted by Crippen LogP contribution is 2.11. The minimum Gasteiger partial charge on any atom is -0.357 e. The Balaban J connectivity index is 0.00000484. The maximum Gasteiger partial charge on any atom is 0.191 e. The minimum atomic E-state index is 0. The SMILES string of the molecule is CCCCNC(=NCc1ccc(N(CC)CC)nc1)NCC.I. The number of hydrogen-bond acceptors (Lipinski definition) is 3. The van der Waals surface area contributed by atoms with E-state index in [1.165, 1.54) is 6.42 Å². The fraction of sp³-hybridized carbons (Fsp3) is 0.647. The average Bonchev–Trinajstić information content (AvgIpc) is 2.55. The van der Waals surface area contributed by atoms with Gasteiger partial charge in [-0.1, -0.05) is 19.4 Å². The summed E-state index contributed by atoms with van der Waals surface area (Å²) in [7, 11) is 0. The van der Waals surface area contributed by atoms with Crippen LogP contribution in [-0.4, -0.2) is 37.1 Å². The van der Waals surface area contributed by atoms with E-state index < -0.39 is 0 Å². The summed E-state index contributed by atoms with van der Waals surface area (Å²) in [5, 5.41) is 6.62. The highest BCUT2D eigenvalue weighted by atomic mass is 127. The van der Waals surface area contributed by atoms with Gasteiger partial charge in [0.2, 0.25) is 0 Å². The second-order valence-electron chi connectivity index (χ2n) is 5.17. The molecule has 1 aromatic heterocycles. The molecule has 1 aromatic rings. The van der Waals surface area contributed by atoms with Crippen molar-refractivity contribution in [1.29, 1.82) is 0 Å². The van der Waals surface area contributed by atoms with E-state index in [1.807, 2.05) is 6.20 Å². The zero-order valence-corrected chi connectivity index (χ0v) is 17.3. The Kier molecular flexibility index (Phi) is 12.8. The summed E-state index contributed by atoms with van der Waals surface area (Å²) >= 11 is 0. The van der Waals surface area contributed by atoms with Crippen molar-refractivity contribution < 1.29 is 0 Å². The Morgan fingerprint density at radius 3 is 2.39 bits per heavy atom. The van der Waals surface area contributed by atoms with Crippen molar-refractivity contribution in [3.8, 4) is 0 Å². The number of aromatic nitrogens is 1. The zero-order chi connectivity index (χ0) is 16.2. The van der Waals surface area contributed by atoms with Crippen molar-refractivity contribution in [2.75, 3.05) is 31.1 Å². The van der Waals surface area contributed by atoms with Crippen LogP contribution in [0.1, 0.15) is 46.1 Å². The predicted octanol–water partition coefficient (Wildman–Crippen LogP) is 3.40. The van der Waals surface area contributed by atoms with Gasteiger partial charge in [-0.05, 0) is 38.8 Å². The number of unbranched alkanes of at least 4 members (excludes halogenated alkanes) is 1. The van der Waals surface area contributed by atoms with Gasteiger partial charge >= 0.3 is 0 Å². The van der Waals surface area contributed by atoms with E-state index in [-0.39, 0.29) is 24.0 Å². The van der Waals surface area contributed by atoms with Crippen molar-refractivity contribution in [3.05, 3.63) is 23.9 Å². The molecule has 6 heteroatoms. The maximum atomic E-state index is 4.61. The molecule has 0 saturated heterocycles. The van der Waals surface area contributed by atoms with Gasteiger partial charge in [-0.15, -0.1) is 24.0 Å². The van der Waals surface area contributed by atoms with Gasteiger partial charge in [-0.2, -0.15) is 0 Å². The number of aliphatic imine (C=N–C) groups is 1. The number of halogens is 1. The molecule has 0 aliphatic carbocycles. The van der Waals surface area contributed by atoms with Gasteiger partial charge in [0.1, 0.15) is 5.82 Å². The Hall–Kier alpha value is -1.05. The summed E-state index contributed by atoms with van der Waals surface area (Å²) in [5.41, 5.74) is 1.13. The molecule has 0 amide bonds. The molecular weight excluding hydrogens is 401 g/mol. The van der Waals surface area contributed by atoms with E-state index in [0.717, 1.165) is 49.9 Å². The van der Waals surface area contributed by atoms with Crippen molar-refractivity contribution >= 4 is 35.8 Å². The van der Waals surface area contributed by atoms with Crippen LogP contribution in [0, 0.1) is 0 Å². The summed E-state index contributed by atoms with van der Waals surface area (Å²) in [4.78, 5) is 11.4. The van der Waals surface area contributed by atoms with Crippen LogP contribution >= 0.6 is 24.0 Å². The summed E-state index contributed by atoms with van der Waals surface area (Å²) in [6.07, 6.45) is 4.26. The fourth-order valence-corrected chi connectivity index (χ4v) is 2.14. The van der Waals surface area contributed by atoms with Crippen LogP contribution in [0.2, 0.25) is 0 Å². The number of anilines is 1. The van der Waals surface area contributed by atoms with Gasteiger partial charge in [0.05, 0.1) is 6.54 Å². The number of rotatable bonds is 9. The molecule has 0 atom stereocenters. The summed E-state index contributed by atoms with van der Waals surface area (Å²) in [6, 6.07) is 4.19. The van der Waals surface area contributed by atoms with E-state index in [0.29, 0.717) is 6.54 Å². The third kappa shape index (κ3) is 8.39. The second-order valence-corrected chi connectivity index (χ2v) is 5.17. The molecular formula is C17H32IN5. The molecule has 0 aliphatic rings.